The maximum absolute atomic E-state index is 13.5. The first kappa shape index (κ1) is 15.4. The molecule has 110 valence electrons. The Morgan fingerprint density at radius 1 is 1.50 bits per heavy atom. The van der Waals surface area contributed by atoms with Crippen molar-refractivity contribution in [3.8, 4) is 0 Å². The highest BCUT2D eigenvalue weighted by Crippen LogP contribution is 2.30. The molecule has 20 heavy (non-hydrogen) atoms. The molecule has 2 unspecified atom stereocenters. The minimum atomic E-state index is -0.514. The fraction of sp³-hybridized carbons (Fsp3) is 0.538. The van der Waals surface area contributed by atoms with Gasteiger partial charge in [-0.15, -0.1) is 0 Å². The number of hydrogen-bond donors (Lipinski definition) is 2. The van der Waals surface area contributed by atoms with E-state index in [1.807, 2.05) is 0 Å². The maximum Gasteiger partial charge on any atom is 0.293 e. The first-order chi connectivity index (χ1) is 9.47. The number of nitro groups is 1. The van der Waals surface area contributed by atoms with Crippen LogP contribution in [0.3, 0.4) is 0 Å². The van der Waals surface area contributed by atoms with Crippen LogP contribution in [-0.2, 0) is 0 Å². The van der Waals surface area contributed by atoms with Crippen LogP contribution in [0, 0.1) is 25.4 Å². The van der Waals surface area contributed by atoms with Crippen molar-refractivity contribution in [2.75, 3.05) is 11.9 Å². The molecule has 1 saturated carbocycles. The van der Waals surface area contributed by atoms with Gasteiger partial charge in [-0.2, -0.15) is 0 Å². The Morgan fingerprint density at radius 2 is 2.25 bits per heavy atom. The first-order valence-corrected chi connectivity index (χ1v) is 7.60. The maximum atomic E-state index is 13.5. The Morgan fingerprint density at radius 3 is 2.90 bits per heavy atom. The number of rotatable bonds is 4. The first-order valence-electron chi connectivity index (χ1n) is 6.52. The van der Waals surface area contributed by atoms with E-state index in [0.717, 1.165) is 19.3 Å². The Labute approximate surface area is 129 Å². The van der Waals surface area contributed by atoms with Crippen molar-refractivity contribution in [3.63, 3.8) is 0 Å². The molecule has 2 atom stereocenters. The van der Waals surface area contributed by atoms with E-state index in [1.165, 1.54) is 12.1 Å². The molecule has 0 radical (unpaired) electrons. The predicted molar refractivity (Wildman–Crippen MR) is 82.2 cm³/mol. The number of aliphatic hydroxyl groups excluding tert-OH is 1. The van der Waals surface area contributed by atoms with Gasteiger partial charge < -0.3 is 10.4 Å². The van der Waals surface area contributed by atoms with Crippen LogP contribution in [-0.4, -0.2) is 22.7 Å². The van der Waals surface area contributed by atoms with Crippen LogP contribution in [0.5, 0.6) is 0 Å². The van der Waals surface area contributed by atoms with Gasteiger partial charge in [0.15, 0.2) is 0 Å². The molecular formula is C13H16FIN2O3. The third kappa shape index (κ3) is 3.78. The molecule has 1 aromatic rings. The van der Waals surface area contributed by atoms with E-state index in [0.29, 0.717) is 13.0 Å². The van der Waals surface area contributed by atoms with Crippen molar-refractivity contribution in [1.29, 1.82) is 0 Å². The quantitative estimate of drug-likeness (QED) is 0.467. The average Bonchev–Trinajstić information content (AvgIpc) is 2.39. The fourth-order valence-electron chi connectivity index (χ4n) is 2.53. The number of nitro benzene ring substituents is 1. The summed E-state index contributed by atoms with van der Waals surface area (Å²) in [5.74, 6) is -0.205. The summed E-state index contributed by atoms with van der Waals surface area (Å²) in [4.78, 5) is 10.5. The summed E-state index contributed by atoms with van der Waals surface area (Å²) in [6.45, 7) is 0.512. The molecule has 0 aliphatic heterocycles. The zero-order chi connectivity index (χ0) is 14.7. The number of nitrogens with zero attached hydrogens (tertiary/aromatic N) is 1. The summed E-state index contributed by atoms with van der Waals surface area (Å²) in [6, 6.07) is 2.40. The molecule has 0 bridgehead atoms. The van der Waals surface area contributed by atoms with E-state index in [9.17, 15) is 19.6 Å². The Hall–Kier alpha value is -0.960. The van der Waals surface area contributed by atoms with E-state index in [1.54, 1.807) is 22.6 Å². The molecule has 7 heteroatoms. The van der Waals surface area contributed by atoms with Gasteiger partial charge in [0.25, 0.3) is 5.69 Å². The van der Waals surface area contributed by atoms with Crippen LogP contribution in [0.1, 0.15) is 25.7 Å². The van der Waals surface area contributed by atoms with Crippen molar-refractivity contribution >= 4 is 34.0 Å². The zero-order valence-corrected chi connectivity index (χ0v) is 13.0. The lowest BCUT2D eigenvalue weighted by Crippen LogP contribution is -2.25. The summed E-state index contributed by atoms with van der Waals surface area (Å²) in [6.07, 6.45) is 3.14. The molecule has 1 aliphatic rings. The van der Waals surface area contributed by atoms with E-state index < -0.39 is 10.7 Å². The highest BCUT2D eigenvalue weighted by molar-refractivity contribution is 14.1. The third-order valence-electron chi connectivity index (χ3n) is 3.57. The van der Waals surface area contributed by atoms with Crippen LogP contribution >= 0.6 is 22.6 Å². The third-order valence-corrected chi connectivity index (χ3v) is 4.40. The Balaban J connectivity index is 2.08. The predicted octanol–water partition coefficient (Wildman–Crippen LogP) is 3.30. The van der Waals surface area contributed by atoms with Crippen molar-refractivity contribution in [1.82, 2.24) is 0 Å². The number of benzene rings is 1. The lowest BCUT2D eigenvalue weighted by molar-refractivity contribution is -0.384. The summed E-state index contributed by atoms with van der Waals surface area (Å²) in [5, 5.41) is 23.5. The monoisotopic (exact) mass is 394 g/mol. The summed E-state index contributed by atoms with van der Waals surface area (Å²) >= 11 is 1.73. The number of hydrogen-bond acceptors (Lipinski definition) is 4. The molecular weight excluding hydrogens is 378 g/mol. The lowest BCUT2D eigenvalue weighted by atomic mass is 9.87. The second-order valence-corrected chi connectivity index (χ2v) is 6.27. The van der Waals surface area contributed by atoms with Gasteiger partial charge in [0.1, 0.15) is 11.5 Å². The number of nitrogens with one attached hydrogen (secondary N) is 1. The normalized spacial score (nSPS) is 22.6. The number of anilines is 1. The summed E-state index contributed by atoms with van der Waals surface area (Å²) in [5.41, 5.74) is 0.0835. The molecule has 2 rings (SSSR count). The van der Waals surface area contributed by atoms with Gasteiger partial charge in [0.05, 0.1) is 14.6 Å². The van der Waals surface area contributed by atoms with Gasteiger partial charge in [-0.05, 0) is 47.8 Å². The van der Waals surface area contributed by atoms with Crippen LogP contribution in [0.4, 0.5) is 15.8 Å². The van der Waals surface area contributed by atoms with Crippen LogP contribution < -0.4 is 5.32 Å². The van der Waals surface area contributed by atoms with Gasteiger partial charge in [-0.25, -0.2) is 4.39 Å². The molecule has 1 fully saturated rings. The van der Waals surface area contributed by atoms with Crippen LogP contribution in [0.15, 0.2) is 12.1 Å². The summed E-state index contributed by atoms with van der Waals surface area (Å²) < 4.78 is 13.8. The smallest absolute Gasteiger partial charge is 0.293 e. The highest BCUT2D eigenvalue weighted by atomic mass is 127. The van der Waals surface area contributed by atoms with Crippen molar-refractivity contribution in [3.05, 3.63) is 31.6 Å². The molecule has 0 amide bonds. The molecule has 0 saturated heterocycles. The average molecular weight is 394 g/mol. The zero-order valence-electron chi connectivity index (χ0n) is 10.8. The standard InChI is InChI=1S/C13H16FIN2O3/c14-10-5-12(13(17(19)20)6-11(10)15)16-7-8-2-1-3-9(18)4-8/h5-6,8-9,16,18H,1-4,7H2. The van der Waals surface area contributed by atoms with E-state index >= 15 is 0 Å². The van der Waals surface area contributed by atoms with Crippen molar-refractivity contribution in [2.24, 2.45) is 5.92 Å². The molecule has 0 aromatic heterocycles. The van der Waals surface area contributed by atoms with Crippen molar-refractivity contribution < 1.29 is 14.4 Å². The van der Waals surface area contributed by atoms with Crippen LogP contribution in [0.25, 0.3) is 0 Å². The molecule has 1 aromatic carbocycles. The molecule has 0 spiro atoms. The molecule has 2 N–H and O–H groups in total. The SMILES string of the molecule is O=[N+]([O-])c1cc(I)c(F)cc1NCC1CCCC(O)C1. The number of aliphatic hydroxyl groups is 1. The van der Waals surface area contributed by atoms with E-state index in [2.05, 4.69) is 5.32 Å². The van der Waals surface area contributed by atoms with Gasteiger partial charge in [0, 0.05) is 18.7 Å². The summed E-state index contributed by atoms with van der Waals surface area (Å²) in [7, 11) is 0. The largest absolute Gasteiger partial charge is 0.393 e. The second-order valence-electron chi connectivity index (χ2n) is 5.11. The fourth-order valence-corrected chi connectivity index (χ4v) is 2.98. The van der Waals surface area contributed by atoms with E-state index in [4.69, 9.17) is 0 Å². The minimum absolute atomic E-state index is 0.118. The lowest BCUT2D eigenvalue weighted by Gasteiger charge is -2.26. The minimum Gasteiger partial charge on any atom is -0.393 e. The van der Waals surface area contributed by atoms with Crippen molar-refractivity contribution in [2.45, 2.75) is 31.8 Å². The Bertz CT molecular complexity index is 513. The Kier molecular flexibility index (Phi) is 5.14. The second kappa shape index (κ2) is 6.66. The van der Waals surface area contributed by atoms with Gasteiger partial charge in [-0.3, -0.25) is 10.1 Å². The van der Waals surface area contributed by atoms with E-state index in [-0.39, 0.29) is 27.0 Å². The van der Waals surface area contributed by atoms with Crippen LogP contribution in [0.2, 0.25) is 0 Å². The molecule has 0 heterocycles. The topological polar surface area (TPSA) is 75.4 Å². The number of halogens is 2. The molecule has 5 nitrogen and oxygen atoms in total. The highest BCUT2D eigenvalue weighted by Gasteiger charge is 2.22. The van der Waals surface area contributed by atoms with Gasteiger partial charge >= 0.3 is 0 Å². The van der Waals surface area contributed by atoms with Gasteiger partial charge in [-0.1, -0.05) is 6.42 Å². The molecule has 1 aliphatic carbocycles. The van der Waals surface area contributed by atoms with Gasteiger partial charge in [0.2, 0.25) is 0 Å².